The largest absolute Gasteiger partial charge is 0.426 e. The molecule has 174 valence electrons. The number of carbonyl (C=O) groups excluding carboxylic acids is 1. The standard InChI is InChI=1S/C29H41NO2/c1-3-5-7-9-25-13-19-27(30-22-25)18-12-24-14-20-28(21-15-24)32-29(31)26-16-10-23(11-17-26)8-6-4-2/h13-15,19-23,26H,3-12,16-18H2,1-2H3. The molecule has 3 rings (SSSR count). The summed E-state index contributed by atoms with van der Waals surface area (Å²) in [7, 11) is 0. The van der Waals surface area contributed by atoms with E-state index in [4.69, 9.17) is 4.74 Å². The Bertz CT molecular complexity index is 789. The summed E-state index contributed by atoms with van der Waals surface area (Å²) in [5.41, 5.74) is 3.71. The van der Waals surface area contributed by atoms with E-state index < -0.39 is 0 Å². The van der Waals surface area contributed by atoms with Gasteiger partial charge in [0.05, 0.1) is 5.92 Å². The van der Waals surface area contributed by atoms with Gasteiger partial charge in [-0.15, -0.1) is 0 Å². The van der Waals surface area contributed by atoms with Gasteiger partial charge in [0.15, 0.2) is 0 Å². The topological polar surface area (TPSA) is 39.2 Å². The van der Waals surface area contributed by atoms with E-state index in [1.807, 2.05) is 18.3 Å². The van der Waals surface area contributed by atoms with Crippen LogP contribution in [0.25, 0.3) is 0 Å². The Balaban J connectivity index is 1.40. The van der Waals surface area contributed by atoms with Crippen LogP contribution in [0.15, 0.2) is 42.6 Å². The number of esters is 1. The number of hydrogen-bond donors (Lipinski definition) is 0. The molecule has 1 heterocycles. The first kappa shape index (κ1) is 24.5. The lowest BCUT2D eigenvalue weighted by molar-refractivity contribution is -0.140. The Morgan fingerprint density at radius 2 is 1.56 bits per heavy atom. The molecule has 3 heteroatoms. The van der Waals surface area contributed by atoms with Crippen LogP contribution in [0.3, 0.4) is 0 Å². The van der Waals surface area contributed by atoms with Gasteiger partial charge in [-0.25, -0.2) is 0 Å². The second kappa shape index (κ2) is 13.4. The zero-order chi connectivity index (χ0) is 22.6. The summed E-state index contributed by atoms with van der Waals surface area (Å²) in [6, 6.07) is 12.4. The molecule has 0 spiro atoms. The second-order valence-electron chi connectivity index (χ2n) is 9.54. The van der Waals surface area contributed by atoms with Gasteiger partial charge >= 0.3 is 5.97 Å². The Hall–Kier alpha value is -2.16. The zero-order valence-corrected chi connectivity index (χ0v) is 20.2. The third-order valence-corrected chi connectivity index (χ3v) is 6.91. The number of hydrogen-bond acceptors (Lipinski definition) is 3. The van der Waals surface area contributed by atoms with E-state index >= 15 is 0 Å². The van der Waals surface area contributed by atoms with Gasteiger partial charge in [-0.2, -0.15) is 0 Å². The lowest BCUT2D eigenvalue weighted by atomic mass is 9.80. The number of nitrogens with zero attached hydrogens (tertiary/aromatic N) is 1. The van der Waals surface area contributed by atoms with E-state index in [-0.39, 0.29) is 11.9 Å². The second-order valence-corrected chi connectivity index (χ2v) is 9.54. The van der Waals surface area contributed by atoms with E-state index in [0.717, 1.165) is 43.7 Å². The number of unbranched alkanes of at least 4 members (excludes halogenated alkanes) is 3. The summed E-state index contributed by atoms with van der Waals surface area (Å²) in [6.07, 6.45) is 17.0. The molecule has 0 bridgehead atoms. The fraction of sp³-hybridized carbons (Fsp3) is 0.586. The predicted molar refractivity (Wildman–Crippen MR) is 132 cm³/mol. The van der Waals surface area contributed by atoms with Gasteiger partial charge in [0, 0.05) is 11.9 Å². The molecule has 2 aromatic rings. The average Bonchev–Trinajstić information content (AvgIpc) is 2.83. The molecule has 0 radical (unpaired) electrons. The quantitative estimate of drug-likeness (QED) is 0.197. The lowest BCUT2D eigenvalue weighted by Crippen LogP contribution is -2.25. The maximum Gasteiger partial charge on any atom is 0.314 e. The molecule has 0 unspecified atom stereocenters. The molecular weight excluding hydrogens is 394 g/mol. The maximum atomic E-state index is 12.6. The highest BCUT2D eigenvalue weighted by molar-refractivity contribution is 5.75. The van der Waals surface area contributed by atoms with Gasteiger partial charge < -0.3 is 4.74 Å². The third kappa shape index (κ3) is 8.07. The molecule has 0 N–H and O–H groups in total. The molecule has 1 aliphatic rings. The van der Waals surface area contributed by atoms with Crippen LogP contribution in [0.5, 0.6) is 5.75 Å². The number of ether oxygens (including phenoxy) is 1. The molecule has 1 fully saturated rings. The predicted octanol–water partition coefficient (Wildman–Crippen LogP) is 7.50. The minimum atomic E-state index is -0.0464. The van der Waals surface area contributed by atoms with Crippen LogP contribution in [-0.4, -0.2) is 11.0 Å². The minimum absolute atomic E-state index is 0.0464. The van der Waals surface area contributed by atoms with Gasteiger partial charge in [0.1, 0.15) is 5.75 Å². The maximum absolute atomic E-state index is 12.6. The third-order valence-electron chi connectivity index (χ3n) is 6.91. The molecule has 1 saturated carbocycles. The van der Waals surface area contributed by atoms with Crippen molar-refractivity contribution in [2.75, 3.05) is 0 Å². The fourth-order valence-electron chi connectivity index (χ4n) is 4.71. The van der Waals surface area contributed by atoms with Crippen LogP contribution in [-0.2, 0) is 24.1 Å². The van der Waals surface area contributed by atoms with Crippen LogP contribution in [0.2, 0.25) is 0 Å². The molecular formula is C29H41NO2. The van der Waals surface area contributed by atoms with Crippen LogP contribution < -0.4 is 4.74 Å². The van der Waals surface area contributed by atoms with Crippen molar-refractivity contribution >= 4 is 5.97 Å². The van der Waals surface area contributed by atoms with Crippen molar-refractivity contribution in [1.29, 1.82) is 0 Å². The number of carbonyl (C=O) groups is 1. The van der Waals surface area contributed by atoms with E-state index in [0.29, 0.717) is 5.75 Å². The summed E-state index contributed by atoms with van der Waals surface area (Å²) in [4.78, 5) is 17.2. The van der Waals surface area contributed by atoms with Crippen LogP contribution in [0.1, 0.15) is 94.9 Å². The Labute approximate surface area is 195 Å². The molecule has 1 aliphatic carbocycles. The number of aryl methyl sites for hydroxylation is 3. The first-order chi connectivity index (χ1) is 15.7. The van der Waals surface area contributed by atoms with Crippen molar-refractivity contribution in [2.24, 2.45) is 11.8 Å². The van der Waals surface area contributed by atoms with E-state index in [1.165, 1.54) is 62.5 Å². The van der Waals surface area contributed by atoms with Crippen molar-refractivity contribution in [3.8, 4) is 5.75 Å². The zero-order valence-electron chi connectivity index (χ0n) is 20.2. The van der Waals surface area contributed by atoms with Crippen molar-refractivity contribution in [1.82, 2.24) is 4.98 Å². The Morgan fingerprint density at radius 1 is 0.844 bits per heavy atom. The summed E-state index contributed by atoms with van der Waals surface area (Å²) in [6.45, 7) is 4.48. The van der Waals surface area contributed by atoms with Gasteiger partial charge in [0.25, 0.3) is 0 Å². The Kier molecular flexibility index (Phi) is 10.3. The average molecular weight is 436 g/mol. The van der Waals surface area contributed by atoms with Crippen LogP contribution in [0.4, 0.5) is 0 Å². The highest BCUT2D eigenvalue weighted by Gasteiger charge is 2.27. The number of pyridine rings is 1. The molecule has 0 aliphatic heterocycles. The van der Waals surface area contributed by atoms with Gasteiger partial charge in [-0.1, -0.05) is 64.2 Å². The SMILES string of the molecule is CCCCCc1ccc(CCc2ccc(OC(=O)C3CCC(CCCC)CC3)cc2)nc1. The monoisotopic (exact) mass is 435 g/mol. The summed E-state index contributed by atoms with van der Waals surface area (Å²) in [5.74, 6) is 1.50. The number of aromatic nitrogens is 1. The Morgan fingerprint density at radius 3 is 2.22 bits per heavy atom. The van der Waals surface area contributed by atoms with Crippen molar-refractivity contribution < 1.29 is 9.53 Å². The molecule has 0 saturated heterocycles. The van der Waals surface area contributed by atoms with E-state index in [1.54, 1.807) is 0 Å². The van der Waals surface area contributed by atoms with E-state index in [9.17, 15) is 4.79 Å². The van der Waals surface area contributed by atoms with Gasteiger partial charge in [-0.05, 0) is 86.6 Å². The highest BCUT2D eigenvalue weighted by atomic mass is 16.5. The smallest absolute Gasteiger partial charge is 0.314 e. The number of rotatable bonds is 12. The van der Waals surface area contributed by atoms with Crippen LogP contribution >= 0.6 is 0 Å². The number of benzene rings is 1. The molecule has 1 aromatic carbocycles. The summed E-state index contributed by atoms with van der Waals surface area (Å²) < 4.78 is 5.69. The summed E-state index contributed by atoms with van der Waals surface area (Å²) in [5, 5.41) is 0. The minimum Gasteiger partial charge on any atom is -0.426 e. The molecule has 32 heavy (non-hydrogen) atoms. The van der Waals surface area contributed by atoms with Crippen molar-refractivity contribution in [3.63, 3.8) is 0 Å². The van der Waals surface area contributed by atoms with Crippen molar-refractivity contribution in [2.45, 2.75) is 97.3 Å². The van der Waals surface area contributed by atoms with E-state index in [2.05, 4.69) is 43.1 Å². The molecule has 0 amide bonds. The highest BCUT2D eigenvalue weighted by Crippen LogP contribution is 2.32. The van der Waals surface area contributed by atoms with Crippen LogP contribution in [0, 0.1) is 11.8 Å². The van der Waals surface area contributed by atoms with Gasteiger partial charge in [-0.3, -0.25) is 9.78 Å². The summed E-state index contributed by atoms with van der Waals surface area (Å²) >= 11 is 0. The first-order valence-electron chi connectivity index (χ1n) is 12.9. The van der Waals surface area contributed by atoms with Gasteiger partial charge in [0.2, 0.25) is 0 Å². The molecule has 0 atom stereocenters. The molecule has 1 aromatic heterocycles. The molecule has 3 nitrogen and oxygen atoms in total. The lowest BCUT2D eigenvalue weighted by Gasteiger charge is -2.27. The first-order valence-corrected chi connectivity index (χ1v) is 12.9. The normalized spacial score (nSPS) is 18.4. The fourth-order valence-corrected chi connectivity index (χ4v) is 4.71. The van der Waals surface area contributed by atoms with Crippen molar-refractivity contribution in [3.05, 3.63) is 59.4 Å².